The van der Waals surface area contributed by atoms with Crippen molar-refractivity contribution in [2.75, 3.05) is 37.1 Å². The number of β-amino-alcohol motifs (C(OH)–C–C–N with tert-alkyl or cyclic N) is 1. The van der Waals surface area contributed by atoms with E-state index in [1.807, 2.05) is 6.07 Å². The Bertz CT molecular complexity index is 684. The lowest BCUT2D eigenvalue weighted by Crippen LogP contribution is -2.58. The lowest BCUT2D eigenvalue weighted by molar-refractivity contribution is -0.124. The molecule has 0 aromatic carbocycles. The number of pyridine rings is 1. The van der Waals surface area contributed by atoms with Gasteiger partial charge in [-0.25, -0.2) is 4.98 Å². The summed E-state index contributed by atoms with van der Waals surface area (Å²) in [6, 6.07) is 1.91. The molecule has 0 aliphatic carbocycles. The SMILES string of the molecule is COC[C@]1(C)Nc2c(cnc3[nH]ccc23)N(CCO)C1=O. The Hall–Kier alpha value is -2.12. The van der Waals surface area contributed by atoms with E-state index in [4.69, 9.17) is 4.74 Å². The fourth-order valence-electron chi connectivity index (χ4n) is 2.78. The Labute approximate surface area is 121 Å². The van der Waals surface area contributed by atoms with Crippen molar-refractivity contribution in [2.24, 2.45) is 0 Å². The summed E-state index contributed by atoms with van der Waals surface area (Å²) in [6.07, 6.45) is 3.45. The summed E-state index contributed by atoms with van der Waals surface area (Å²) in [6.45, 7) is 2.15. The number of aromatic amines is 1. The van der Waals surface area contributed by atoms with Crippen LogP contribution in [0.5, 0.6) is 0 Å². The minimum absolute atomic E-state index is 0.112. The zero-order chi connectivity index (χ0) is 15.0. The summed E-state index contributed by atoms with van der Waals surface area (Å²) in [5.74, 6) is -0.136. The number of fused-ring (bicyclic) bond motifs is 3. The van der Waals surface area contributed by atoms with Gasteiger partial charge in [-0.15, -0.1) is 0 Å². The molecular weight excluding hydrogens is 272 g/mol. The number of carbonyl (C=O) groups excluding carboxylic acids is 1. The molecule has 1 aliphatic heterocycles. The Morgan fingerprint density at radius 2 is 2.33 bits per heavy atom. The summed E-state index contributed by atoms with van der Waals surface area (Å²) in [4.78, 5) is 21.6. The topological polar surface area (TPSA) is 90.5 Å². The maximum absolute atomic E-state index is 12.7. The summed E-state index contributed by atoms with van der Waals surface area (Å²) >= 11 is 0. The number of nitrogens with zero attached hydrogens (tertiary/aromatic N) is 2. The molecule has 1 atom stereocenters. The molecule has 3 heterocycles. The lowest BCUT2D eigenvalue weighted by atomic mass is 9.96. The molecule has 0 radical (unpaired) electrons. The molecule has 0 unspecified atom stereocenters. The van der Waals surface area contributed by atoms with Gasteiger partial charge in [-0.2, -0.15) is 0 Å². The largest absolute Gasteiger partial charge is 0.395 e. The van der Waals surface area contributed by atoms with Gasteiger partial charge in [0.25, 0.3) is 5.91 Å². The van der Waals surface area contributed by atoms with Crippen LogP contribution in [0, 0.1) is 0 Å². The predicted molar refractivity (Wildman–Crippen MR) is 79.4 cm³/mol. The third-order valence-electron chi connectivity index (χ3n) is 3.73. The van der Waals surface area contributed by atoms with Gasteiger partial charge in [-0.3, -0.25) is 4.79 Å². The maximum Gasteiger partial charge on any atom is 0.254 e. The zero-order valence-corrected chi connectivity index (χ0v) is 12.0. The Balaban J connectivity index is 2.18. The summed E-state index contributed by atoms with van der Waals surface area (Å²) < 4.78 is 5.19. The first-order valence-electron chi connectivity index (χ1n) is 6.77. The van der Waals surface area contributed by atoms with E-state index in [1.165, 1.54) is 0 Å². The van der Waals surface area contributed by atoms with E-state index >= 15 is 0 Å². The molecule has 3 N–H and O–H groups in total. The van der Waals surface area contributed by atoms with Crippen LogP contribution >= 0.6 is 0 Å². The van der Waals surface area contributed by atoms with Crippen LogP contribution in [-0.4, -0.2) is 53.4 Å². The van der Waals surface area contributed by atoms with Gasteiger partial charge in [0, 0.05) is 25.2 Å². The van der Waals surface area contributed by atoms with Gasteiger partial charge in [-0.05, 0) is 13.0 Å². The molecule has 7 heteroatoms. The van der Waals surface area contributed by atoms with Crippen LogP contribution in [0.1, 0.15) is 6.92 Å². The van der Waals surface area contributed by atoms with Crippen LogP contribution in [0.4, 0.5) is 11.4 Å². The lowest BCUT2D eigenvalue weighted by Gasteiger charge is -2.41. The molecule has 0 saturated heterocycles. The van der Waals surface area contributed by atoms with Crippen LogP contribution in [0.2, 0.25) is 0 Å². The predicted octanol–water partition coefficient (Wildman–Crippen LogP) is 0.719. The molecule has 112 valence electrons. The van der Waals surface area contributed by atoms with Gasteiger partial charge in [0.2, 0.25) is 0 Å². The van der Waals surface area contributed by atoms with E-state index in [2.05, 4.69) is 15.3 Å². The molecule has 0 saturated carbocycles. The number of nitrogens with one attached hydrogen (secondary N) is 2. The number of anilines is 2. The normalized spacial score (nSPS) is 21.5. The molecular formula is C14H18N4O3. The molecule has 7 nitrogen and oxygen atoms in total. The van der Waals surface area contributed by atoms with E-state index in [0.29, 0.717) is 5.69 Å². The number of aliphatic hydroxyl groups is 1. The number of methoxy groups -OCH3 is 1. The van der Waals surface area contributed by atoms with Crippen molar-refractivity contribution in [1.82, 2.24) is 9.97 Å². The van der Waals surface area contributed by atoms with Crippen LogP contribution in [-0.2, 0) is 9.53 Å². The van der Waals surface area contributed by atoms with Crippen molar-refractivity contribution in [3.8, 4) is 0 Å². The number of hydrogen-bond acceptors (Lipinski definition) is 5. The fraction of sp³-hybridized carbons (Fsp3) is 0.429. The van der Waals surface area contributed by atoms with Crippen molar-refractivity contribution in [3.05, 3.63) is 18.5 Å². The highest BCUT2D eigenvalue weighted by Gasteiger charge is 2.43. The number of aliphatic hydroxyl groups excluding tert-OH is 1. The van der Waals surface area contributed by atoms with Crippen molar-refractivity contribution in [1.29, 1.82) is 0 Å². The van der Waals surface area contributed by atoms with Crippen LogP contribution in [0.3, 0.4) is 0 Å². The van der Waals surface area contributed by atoms with Crippen molar-refractivity contribution in [3.63, 3.8) is 0 Å². The number of rotatable bonds is 4. The quantitative estimate of drug-likeness (QED) is 0.772. The number of amides is 1. The number of H-pyrrole nitrogens is 1. The summed E-state index contributed by atoms with van der Waals surface area (Å²) in [7, 11) is 1.56. The second-order valence-electron chi connectivity index (χ2n) is 5.33. The van der Waals surface area contributed by atoms with E-state index in [1.54, 1.807) is 31.3 Å². The van der Waals surface area contributed by atoms with E-state index in [9.17, 15) is 9.90 Å². The molecule has 0 bridgehead atoms. The van der Waals surface area contributed by atoms with Gasteiger partial charge in [0.1, 0.15) is 11.2 Å². The highest BCUT2D eigenvalue weighted by atomic mass is 16.5. The van der Waals surface area contributed by atoms with Gasteiger partial charge in [-0.1, -0.05) is 0 Å². The van der Waals surface area contributed by atoms with Gasteiger partial charge in [0.05, 0.1) is 30.8 Å². The highest BCUT2D eigenvalue weighted by Crippen LogP contribution is 2.39. The van der Waals surface area contributed by atoms with Crippen molar-refractivity contribution in [2.45, 2.75) is 12.5 Å². The number of ether oxygens (including phenoxy) is 1. The minimum Gasteiger partial charge on any atom is -0.395 e. The van der Waals surface area contributed by atoms with E-state index in [0.717, 1.165) is 16.7 Å². The third-order valence-corrected chi connectivity index (χ3v) is 3.73. The third kappa shape index (κ3) is 2.05. The first kappa shape index (κ1) is 13.8. The molecule has 2 aromatic rings. The fourth-order valence-corrected chi connectivity index (χ4v) is 2.78. The molecule has 3 rings (SSSR count). The Morgan fingerprint density at radius 1 is 1.52 bits per heavy atom. The molecule has 1 aliphatic rings. The second-order valence-corrected chi connectivity index (χ2v) is 5.33. The van der Waals surface area contributed by atoms with Gasteiger partial charge in [0.15, 0.2) is 0 Å². The van der Waals surface area contributed by atoms with Crippen LogP contribution in [0.15, 0.2) is 18.5 Å². The molecule has 0 fully saturated rings. The van der Waals surface area contributed by atoms with E-state index in [-0.39, 0.29) is 25.7 Å². The maximum atomic E-state index is 12.7. The molecule has 0 spiro atoms. The minimum atomic E-state index is -0.873. The second kappa shape index (κ2) is 5.01. The first-order valence-corrected chi connectivity index (χ1v) is 6.77. The van der Waals surface area contributed by atoms with E-state index < -0.39 is 5.54 Å². The number of carbonyl (C=O) groups is 1. The zero-order valence-electron chi connectivity index (χ0n) is 12.0. The smallest absolute Gasteiger partial charge is 0.254 e. The van der Waals surface area contributed by atoms with Crippen LogP contribution in [0.25, 0.3) is 11.0 Å². The number of hydrogen-bond donors (Lipinski definition) is 3. The monoisotopic (exact) mass is 290 g/mol. The molecule has 2 aromatic heterocycles. The Kier molecular flexibility index (Phi) is 3.30. The van der Waals surface area contributed by atoms with Crippen molar-refractivity contribution >= 4 is 28.3 Å². The van der Waals surface area contributed by atoms with Gasteiger partial charge >= 0.3 is 0 Å². The first-order chi connectivity index (χ1) is 10.1. The van der Waals surface area contributed by atoms with Crippen LogP contribution < -0.4 is 10.2 Å². The molecule has 1 amide bonds. The van der Waals surface area contributed by atoms with Gasteiger partial charge < -0.3 is 25.0 Å². The number of aromatic nitrogens is 2. The standard InChI is InChI=1S/C14H18N4O3/c1-14(8-21-2)13(20)18(5-6-19)10-7-16-12-9(3-4-15-12)11(10)17-14/h3-4,7,17,19H,5-6,8H2,1-2H3,(H,15,16)/t14-/m0/s1. The summed E-state index contributed by atoms with van der Waals surface area (Å²) in [5.41, 5.74) is 1.38. The molecule has 21 heavy (non-hydrogen) atoms. The highest BCUT2D eigenvalue weighted by molar-refractivity contribution is 6.12. The Morgan fingerprint density at radius 3 is 3.05 bits per heavy atom. The summed E-state index contributed by atoms with van der Waals surface area (Å²) in [5, 5.41) is 13.5. The van der Waals surface area contributed by atoms with Crippen molar-refractivity contribution < 1.29 is 14.6 Å². The average Bonchev–Trinajstić information content (AvgIpc) is 2.93. The average molecular weight is 290 g/mol.